The molecule has 5 N–H and O–H groups in total. The SMILES string of the molecule is COc1ccc([N+](=O)[O-])c(/C=N/N(O)C(=N)N)c1[N+](=O)[O-].Cc1ccc(S(=O)(=O)O)cc1. The zero-order valence-electron chi connectivity index (χ0n) is 16.6. The van der Waals surface area contributed by atoms with Gasteiger partial charge in [-0.3, -0.25) is 35.4 Å². The van der Waals surface area contributed by atoms with E-state index in [1.54, 1.807) is 12.1 Å². The van der Waals surface area contributed by atoms with Crippen molar-refractivity contribution in [1.29, 1.82) is 5.41 Å². The standard InChI is InChI=1S/C9H10N6O6.C7H8O3S/c1-21-7-3-2-6(14(17)18)5(8(7)15(19)20)4-12-13(16)9(10)11;1-6-2-4-7(5-3-6)11(8,9)10/h2-4,16H,1H3,(H3,10,11);2-5H,1H3,(H,8,9,10)/b12-4+;. The quantitative estimate of drug-likeness (QED) is 0.156. The lowest BCUT2D eigenvalue weighted by molar-refractivity contribution is -0.394. The third-order valence-electron chi connectivity index (χ3n) is 3.59. The molecule has 0 saturated carbocycles. The Morgan fingerprint density at radius 1 is 1.19 bits per heavy atom. The lowest BCUT2D eigenvalue weighted by atomic mass is 10.1. The molecule has 0 aliphatic rings. The Labute approximate surface area is 180 Å². The molecule has 0 aliphatic carbocycles. The summed E-state index contributed by atoms with van der Waals surface area (Å²) in [6, 6.07) is 8.04. The fraction of sp³-hybridized carbons (Fsp3) is 0.125. The summed E-state index contributed by atoms with van der Waals surface area (Å²) < 4.78 is 34.3. The van der Waals surface area contributed by atoms with Crippen LogP contribution in [-0.4, -0.2) is 52.5 Å². The molecule has 172 valence electrons. The summed E-state index contributed by atoms with van der Waals surface area (Å²) in [5.41, 5.74) is 4.03. The summed E-state index contributed by atoms with van der Waals surface area (Å²) >= 11 is 0. The number of hydrazone groups is 1. The van der Waals surface area contributed by atoms with Gasteiger partial charge in [0.25, 0.3) is 15.8 Å². The predicted octanol–water partition coefficient (Wildman–Crippen LogP) is 1.67. The van der Waals surface area contributed by atoms with E-state index < -0.39 is 42.9 Å². The Balaban J connectivity index is 0.000000389. The minimum Gasteiger partial charge on any atom is -0.490 e. The molecule has 0 bridgehead atoms. The maximum atomic E-state index is 11.1. The predicted molar refractivity (Wildman–Crippen MR) is 110 cm³/mol. The molecule has 15 nitrogen and oxygen atoms in total. The van der Waals surface area contributed by atoms with E-state index in [0.29, 0.717) is 6.21 Å². The first-order valence-corrected chi connectivity index (χ1v) is 9.64. The zero-order valence-corrected chi connectivity index (χ0v) is 17.4. The molecular weight excluding hydrogens is 452 g/mol. The highest BCUT2D eigenvalue weighted by atomic mass is 32.2. The molecule has 0 heterocycles. The average molecular weight is 470 g/mol. The van der Waals surface area contributed by atoms with Crippen LogP contribution in [0.4, 0.5) is 11.4 Å². The molecule has 2 aromatic carbocycles. The van der Waals surface area contributed by atoms with Crippen molar-refractivity contribution in [3.05, 3.63) is 67.8 Å². The molecule has 0 radical (unpaired) electrons. The summed E-state index contributed by atoms with van der Waals surface area (Å²) in [7, 11) is -2.86. The van der Waals surface area contributed by atoms with Crippen molar-refractivity contribution in [3.63, 3.8) is 0 Å². The Bertz CT molecular complexity index is 1150. The highest BCUT2D eigenvalue weighted by Crippen LogP contribution is 2.35. The van der Waals surface area contributed by atoms with Gasteiger partial charge in [0.05, 0.1) is 28.1 Å². The number of hydroxylamine groups is 1. The third kappa shape index (κ3) is 6.97. The second kappa shape index (κ2) is 10.8. The van der Waals surface area contributed by atoms with Gasteiger partial charge in [-0.25, -0.2) is 0 Å². The number of hydrogen-bond donors (Lipinski definition) is 4. The number of rotatable bonds is 6. The topological polar surface area (TPSA) is 236 Å². The van der Waals surface area contributed by atoms with Gasteiger partial charge >= 0.3 is 5.69 Å². The van der Waals surface area contributed by atoms with Crippen molar-refractivity contribution in [2.45, 2.75) is 11.8 Å². The summed E-state index contributed by atoms with van der Waals surface area (Å²) in [6.07, 6.45) is 0.639. The third-order valence-corrected chi connectivity index (χ3v) is 4.45. The highest BCUT2D eigenvalue weighted by molar-refractivity contribution is 7.85. The number of nitro groups is 2. The van der Waals surface area contributed by atoms with Crippen molar-refractivity contribution in [1.82, 2.24) is 5.17 Å². The van der Waals surface area contributed by atoms with Crippen LogP contribution in [0.1, 0.15) is 11.1 Å². The Morgan fingerprint density at radius 2 is 1.75 bits per heavy atom. The first-order valence-electron chi connectivity index (χ1n) is 8.20. The molecule has 0 aliphatic heterocycles. The minimum absolute atomic E-state index is 0.0666. The number of guanidine groups is 1. The van der Waals surface area contributed by atoms with Crippen LogP contribution in [-0.2, 0) is 10.1 Å². The van der Waals surface area contributed by atoms with Crippen molar-refractivity contribution < 1.29 is 32.8 Å². The largest absolute Gasteiger partial charge is 0.490 e. The van der Waals surface area contributed by atoms with Crippen molar-refractivity contribution >= 4 is 33.7 Å². The molecule has 2 aromatic rings. The van der Waals surface area contributed by atoms with Crippen LogP contribution in [0.5, 0.6) is 5.75 Å². The van der Waals surface area contributed by atoms with E-state index in [-0.39, 0.29) is 15.8 Å². The minimum atomic E-state index is -4.02. The molecular formula is C16H18N6O9S. The van der Waals surface area contributed by atoms with E-state index in [0.717, 1.165) is 24.8 Å². The number of nitrogens with one attached hydrogen (secondary N) is 1. The molecule has 0 saturated heterocycles. The lowest BCUT2D eigenvalue weighted by Crippen LogP contribution is -2.29. The van der Waals surface area contributed by atoms with E-state index in [2.05, 4.69) is 5.10 Å². The monoisotopic (exact) mass is 470 g/mol. The van der Waals surface area contributed by atoms with E-state index >= 15 is 0 Å². The first-order chi connectivity index (χ1) is 14.8. The number of nitro benzene ring substituents is 2. The maximum absolute atomic E-state index is 11.1. The Hall–Kier alpha value is -4.15. The molecule has 0 spiro atoms. The van der Waals surface area contributed by atoms with Crippen molar-refractivity contribution in [2.24, 2.45) is 10.8 Å². The highest BCUT2D eigenvalue weighted by Gasteiger charge is 2.29. The number of nitrogens with zero attached hydrogens (tertiary/aromatic N) is 4. The van der Waals surface area contributed by atoms with Crippen LogP contribution in [0.15, 0.2) is 46.4 Å². The van der Waals surface area contributed by atoms with Crippen LogP contribution < -0.4 is 10.5 Å². The van der Waals surface area contributed by atoms with Crippen LogP contribution in [0.3, 0.4) is 0 Å². The second-order valence-electron chi connectivity index (χ2n) is 5.77. The van der Waals surface area contributed by atoms with E-state index in [1.807, 2.05) is 6.92 Å². The van der Waals surface area contributed by atoms with Gasteiger partial charge in [0, 0.05) is 6.07 Å². The number of benzene rings is 2. The molecule has 0 amide bonds. The lowest BCUT2D eigenvalue weighted by Gasteiger charge is -2.07. The number of hydrogen-bond acceptors (Lipinski definition) is 10. The molecule has 16 heteroatoms. The van der Waals surface area contributed by atoms with E-state index in [4.69, 9.17) is 25.6 Å². The van der Waals surface area contributed by atoms with Crippen LogP contribution in [0, 0.1) is 32.6 Å². The number of methoxy groups -OCH3 is 1. The van der Waals surface area contributed by atoms with Crippen molar-refractivity contribution in [2.75, 3.05) is 7.11 Å². The Kier molecular flexibility index (Phi) is 8.70. The van der Waals surface area contributed by atoms with Gasteiger partial charge in [0.1, 0.15) is 0 Å². The Morgan fingerprint density at radius 3 is 2.16 bits per heavy atom. The van der Waals surface area contributed by atoms with E-state index in [1.165, 1.54) is 12.1 Å². The number of aryl methyl sites for hydroxylation is 1. The normalized spacial score (nSPS) is 10.8. The fourth-order valence-electron chi connectivity index (χ4n) is 2.10. The van der Waals surface area contributed by atoms with Gasteiger partial charge in [0.2, 0.25) is 5.96 Å². The van der Waals surface area contributed by atoms with Gasteiger partial charge in [-0.05, 0) is 25.1 Å². The number of nitrogens with two attached hydrogens (primary N) is 1. The van der Waals surface area contributed by atoms with Gasteiger partial charge < -0.3 is 10.5 Å². The zero-order chi connectivity index (χ0) is 24.6. The van der Waals surface area contributed by atoms with Crippen LogP contribution in [0.2, 0.25) is 0 Å². The summed E-state index contributed by atoms with van der Waals surface area (Å²) in [4.78, 5) is 20.2. The van der Waals surface area contributed by atoms with Gasteiger partial charge in [-0.15, -0.1) is 5.17 Å². The summed E-state index contributed by atoms with van der Waals surface area (Å²) in [5.74, 6) is -1.10. The van der Waals surface area contributed by atoms with Gasteiger partial charge in [-0.1, -0.05) is 17.7 Å². The maximum Gasteiger partial charge on any atom is 0.326 e. The van der Waals surface area contributed by atoms with Gasteiger partial charge in [0.15, 0.2) is 11.3 Å². The average Bonchev–Trinajstić information content (AvgIpc) is 2.70. The summed E-state index contributed by atoms with van der Waals surface area (Å²) in [5, 5.41) is 41.0. The fourth-order valence-corrected chi connectivity index (χ4v) is 2.58. The van der Waals surface area contributed by atoms with Crippen LogP contribution >= 0.6 is 0 Å². The molecule has 0 fully saturated rings. The second-order valence-corrected chi connectivity index (χ2v) is 7.19. The first kappa shape index (κ1) is 25.9. The number of ether oxygens (including phenoxy) is 1. The van der Waals surface area contributed by atoms with Crippen molar-refractivity contribution in [3.8, 4) is 5.75 Å². The van der Waals surface area contributed by atoms with Crippen LogP contribution in [0.25, 0.3) is 0 Å². The molecule has 32 heavy (non-hydrogen) atoms. The molecule has 2 rings (SSSR count). The molecule has 0 aromatic heterocycles. The van der Waals surface area contributed by atoms with Gasteiger partial charge in [-0.2, -0.15) is 13.5 Å². The smallest absolute Gasteiger partial charge is 0.326 e. The molecule has 0 atom stereocenters. The molecule has 0 unspecified atom stereocenters. The summed E-state index contributed by atoms with van der Waals surface area (Å²) in [6.45, 7) is 1.84. The van der Waals surface area contributed by atoms with E-state index in [9.17, 15) is 28.6 Å².